The molecule has 0 fully saturated rings. The highest BCUT2D eigenvalue weighted by Gasteiger charge is 2.22. The molecule has 1 unspecified atom stereocenters. The van der Waals surface area contributed by atoms with E-state index in [9.17, 15) is 9.90 Å². The van der Waals surface area contributed by atoms with Gasteiger partial charge in [-0.1, -0.05) is 42.5 Å². The quantitative estimate of drug-likeness (QED) is 0.713. The van der Waals surface area contributed by atoms with Gasteiger partial charge in [0.1, 0.15) is 0 Å². The zero-order valence-corrected chi connectivity index (χ0v) is 14.8. The molecule has 1 amide bonds. The molecule has 0 saturated carbocycles. The van der Waals surface area contributed by atoms with Gasteiger partial charge in [-0.25, -0.2) is 0 Å². The van der Waals surface area contributed by atoms with Crippen molar-refractivity contribution in [2.45, 2.75) is 19.0 Å². The Hall–Kier alpha value is -2.92. The number of benzene rings is 2. The first-order chi connectivity index (χ1) is 12.7. The summed E-state index contributed by atoms with van der Waals surface area (Å²) in [4.78, 5) is 14.6. The molecular weight excluding hydrogens is 326 g/mol. The highest BCUT2D eigenvalue weighted by Crippen LogP contribution is 2.24. The second-order valence-corrected chi connectivity index (χ2v) is 6.26. The number of aliphatic hydroxyl groups excluding tert-OH is 1. The van der Waals surface area contributed by atoms with E-state index in [1.807, 2.05) is 71.5 Å². The van der Waals surface area contributed by atoms with Crippen LogP contribution in [0.15, 0.2) is 73.1 Å². The van der Waals surface area contributed by atoms with Crippen LogP contribution in [0.1, 0.15) is 33.9 Å². The van der Waals surface area contributed by atoms with Gasteiger partial charge in [-0.15, -0.1) is 0 Å². The predicted molar refractivity (Wildman–Crippen MR) is 101 cm³/mol. The van der Waals surface area contributed by atoms with E-state index in [0.29, 0.717) is 18.5 Å². The third-order valence-electron chi connectivity index (χ3n) is 4.48. The fourth-order valence-corrected chi connectivity index (χ4v) is 3.06. The lowest BCUT2D eigenvalue weighted by molar-refractivity contribution is 0.0705. The Morgan fingerprint density at radius 3 is 2.46 bits per heavy atom. The van der Waals surface area contributed by atoms with Crippen LogP contribution >= 0.6 is 0 Å². The van der Waals surface area contributed by atoms with Crippen molar-refractivity contribution in [1.82, 2.24) is 14.7 Å². The van der Waals surface area contributed by atoms with Crippen molar-refractivity contribution >= 4 is 5.91 Å². The van der Waals surface area contributed by atoms with Crippen LogP contribution in [0.5, 0.6) is 0 Å². The normalized spacial score (nSPS) is 11.9. The Labute approximate surface area is 153 Å². The van der Waals surface area contributed by atoms with Crippen LogP contribution in [-0.4, -0.2) is 39.3 Å². The molecule has 5 nitrogen and oxygen atoms in total. The summed E-state index contributed by atoms with van der Waals surface area (Å²) >= 11 is 0. The minimum atomic E-state index is -0.155. The monoisotopic (exact) mass is 349 g/mol. The van der Waals surface area contributed by atoms with E-state index in [4.69, 9.17) is 0 Å². The van der Waals surface area contributed by atoms with E-state index in [-0.39, 0.29) is 18.6 Å². The van der Waals surface area contributed by atoms with Crippen LogP contribution in [0.3, 0.4) is 0 Å². The topological polar surface area (TPSA) is 58.4 Å². The van der Waals surface area contributed by atoms with Gasteiger partial charge in [0.25, 0.3) is 5.91 Å². The Balaban J connectivity index is 1.74. The van der Waals surface area contributed by atoms with Crippen molar-refractivity contribution in [2.75, 3.05) is 13.7 Å². The Morgan fingerprint density at radius 2 is 1.85 bits per heavy atom. The summed E-state index contributed by atoms with van der Waals surface area (Å²) in [5.41, 5.74) is 2.74. The van der Waals surface area contributed by atoms with Crippen molar-refractivity contribution in [2.24, 2.45) is 0 Å². The maximum Gasteiger partial charge on any atom is 0.254 e. The van der Waals surface area contributed by atoms with E-state index in [2.05, 4.69) is 5.10 Å². The second-order valence-electron chi connectivity index (χ2n) is 6.26. The van der Waals surface area contributed by atoms with Gasteiger partial charge >= 0.3 is 0 Å². The lowest BCUT2D eigenvalue weighted by atomic mass is 10.0. The third-order valence-corrected chi connectivity index (χ3v) is 4.48. The molecule has 0 bridgehead atoms. The van der Waals surface area contributed by atoms with Crippen molar-refractivity contribution in [3.63, 3.8) is 0 Å². The largest absolute Gasteiger partial charge is 0.396 e. The first-order valence-corrected chi connectivity index (χ1v) is 8.68. The first kappa shape index (κ1) is 17.9. The van der Waals surface area contributed by atoms with Gasteiger partial charge in [0.05, 0.1) is 12.6 Å². The Bertz CT molecular complexity index is 814. The highest BCUT2D eigenvalue weighted by atomic mass is 16.3. The fourth-order valence-electron chi connectivity index (χ4n) is 3.06. The number of aliphatic hydroxyl groups is 1. The summed E-state index contributed by atoms with van der Waals surface area (Å²) in [5, 5.41) is 13.6. The minimum absolute atomic E-state index is 0.0278. The SMILES string of the molecule is CN(C(=O)c1ccc(Cn2cccn2)cc1)C(CCO)c1ccccc1. The predicted octanol–water partition coefficient (Wildman–Crippen LogP) is 3.13. The van der Waals surface area contributed by atoms with Crippen LogP contribution in [0, 0.1) is 0 Å². The van der Waals surface area contributed by atoms with E-state index >= 15 is 0 Å². The maximum absolute atomic E-state index is 12.9. The van der Waals surface area contributed by atoms with Gasteiger partial charge in [-0.05, 0) is 35.7 Å². The number of nitrogens with zero attached hydrogens (tertiary/aromatic N) is 3. The lowest BCUT2D eigenvalue weighted by Gasteiger charge is -2.28. The van der Waals surface area contributed by atoms with Crippen LogP contribution < -0.4 is 0 Å². The molecule has 3 rings (SSSR count). The van der Waals surface area contributed by atoms with Gasteiger partial charge in [-0.3, -0.25) is 9.48 Å². The summed E-state index contributed by atoms with van der Waals surface area (Å²) in [5.74, 6) is -0.0575. The molecule has 0 radical (unpaired) electrons. The summed E-state index contributed by atoms with van der Waals surface area (Å²) < 4.78 is 1.84. The number of aromatic nitrogens is 2. The molecule has 0 aliphatic carbocycles. The molecular formula is C21H23N3O2. The molecule has 26 heavy (non-hydrogen) atoms. The molecule has 5 heteroatoms. The average Bonchev–Trinajstić information content (AvgIpc) is 3.19. The molecule has 0 aliphatic rings. The molecule has 3 aromatic rings. The molecule has 1 atom stereocenters. The summed E-state index contributed by atoms with van der Waals surface area (Å²) in [7, 11) is 1.79. The van der Waals surface area contributed by atoms with Crippen LogP contribution in [-0.2, 0) is 6.54 Å². The molecule has 134 valence electrons. The zero-order chi connectivity index (χ0) is 18.4. The van der Waals surface area contributed by atoms with Crippen LogP contribution in [0.4, 0.5) is 0 Å². The van der Waals surface area contributed by atoms with E-state index in [1.165, 1.54) is 0 Å². The Kier molecular flexibility index (Phi) is 5.81. The van der Waals surface area contributed by atoms with Crippen molar-refractivity contribution in [3.05, 3.63) is 89.7 Å². The van der Waals surface area contributed by atoms with Crippen LogP contribution in [0.25, 0.3) is 0 Å². The number of hydrogen-bond acceptors (Lipinski definition) is 3. The van der Waals surface area contributed by atoms with E-state index < -0.39 is 0 Å². The number of rotatable bonds is 7. The third kappa shape index (κ3) is 4.18. The molecule has 0 aliphatic heterocycles. The van der Waals surface area contributed by atoms with Gasteiger partial charge in [0.2, 0.25) is 0 Å². The summed E-state index contributed by atoms with van der Waals surface area (Å²) in [6.07, 6.45) is 4.16. The van der Waals surface area contributed by atoms with Gasteiger partial charge < -0.3 is 10.0 Å². The second kappa shape index (κ2) is 8.45. The van der Waals surface area contributed by atoms with Gasteiger partial charge in [0.15, 0.2) is 0 Å². The van der Waals surface area contributed by atoms with Gasteiger partial charge in [0, 0.05) is 31.6 Å². The van der Waals surface area contributed by atoms with E-state index in [1.54, 1.807) is 18.1 Å². The molecule has 1 N–H and O–H groups in total. The van der Waals surface area contributed by atoms with Crippen molar-refractivity contribution in [1.29, 1.82) is 0 Å². The number of amides is 1. The molecule has 0 saturated heterocycles. The smallest absolute Gasteiger partial charge is 0.254 e. The van der Waals surface area contributed by atoms with Crippen LogP contribution in [0.2, 0.25) is 0 Å². The highest BCUT2D eigenvalue weighted by molar-refractivity contribution is 5.94. The zero-order valence-electron chi connectivity index (χ0n) is 14.8. The van der Waals surface area contributed by atoms with Crippen molar-refractivity contribution < 1.29 is 9.90 Å². The van der Waals surface area contributed by atoms with E-state index in [0.717, 1.165) is 11.1 Å². The number of hydrogen-bond donors (Lipinski definition) is 1. The standard InChI is InChI=1S/C21H23N3O2/c1-23(20(12-15-25)18-6-3-2-4-7-18)21(26)19-10-8-17(9-11-19)16-24-14-5-13-22-24/h2-11,13-14,20,25H,12,15-16H2,1H3. The summed E-state index contributed by atoms with van der Waals surface area (Å²) in [6.45, 7) is 0.703. The van der Waals surface area contributed by atoms with Crippen molar-refractivity contribution in [3.8, 4) is 0 Å². The van der Waals surface area contributed by atoms with Gasteiger partial charge in [-0.2, -0.15) is 5.10 Å². The maximum atomic E-state index is 12.9. The minimum Gasteiger partial charge on any atom is -0.396 e. The molecule has 0 spiro atoms. The average molecular weight is 349 g/mol. The molecule has 1 aromatic heterocycles. The number of carbonyl (C=O) groups excluding carboxylic acids is 1. The lowest BCUT2D eigenvalue weighted by Crippen LogP contribution is -2.31. The first-order valence-electron chi connectivity index (χ1n) is 8.68. The fraction of sp³-hybridized carbons (Fsp3) is 0.238. The summed E-state index contributed by atoms with van der Waals surface area (Å²) in [6, 6.07) is 19.1. The molecule has 2 aromatic carbocycles. The Morgan fingerprint density at radius 1 is 1.12 bits per heavy atom. The number of carbonyl (C=O) groups is 1. The molecule has 1 heterocycles.